The molecule has 0 spiro atoms. The van der Waals surface area contributed by atoms with Crippen LogP contribution in [0.2, 0.25) is 0 Å². The lowest BCUT2D eigenvalue weighted by Crippen LogP contribution is -2.42. The minimum Gasteiger partial charge on any atom is -0.464 e. The zero-order chi connectivity index (χ0) is 24.8. The lowest BCUT2D eigenvalue weighted by atomic mass is 10.1. The van der Waals surface area contributed by atoms with Gasteiger partial charge in [-0.3, -0.25) is 9.59 Å². The van der Waals surface area contributed by atoms with Gasteiger partial charge in [0, 0.05) is 18.7 Å². The van der Waals surface area contributed by atoms with Gasteiger partial charge in [-0.2, -0.15) is 0 Å². The summed E-state index contributed by atoms with van der Waals surface area (Å²) in [6.07, 6.45) is 1.60. The third-order valence-electron chi connectivity index (χ3n) is 5.74. The van der Waals surface area contributed by atoms with Crippen molar-refractivity contribution in [1.82, 2.24) is 9.80 Å². The van der Waals surface area contributed by atoms with Gasteiger partial charge >= 0.3 is 0 Å². The summed E-state index contributed by atoms with van der Waals surface area (Å²) >= 11 is 0. The first-order valence-corrected chi connectivity index (χ1v) is 11.4. The normalized spacial score (nSPS) is 10.8. The molecule has 4 aromatic rings. The molecule has 1 heterocycles. The van der Waals surface area contributed by atoms with Crippen molar-refractivity contribution in [2.75, 3.05) is 13.1 Å². The highest BCUT2D eigenvalue weighted by molar-refractivity contribution is 6.00. The highest BCUT2D eigenvalue weighted by Crippen LogP contribution is 2.18. The molecule has 0 N–H and O–H groups in total. The van der Waals surface area contributed by atoms with Crippen LogP contribution in [0.15, 0.2) is 95.9 Å². The van der Waals surface area contributed by atoms with E-state index in [9.17, 15) is 14.0 Å². The second-order valence-corrected chi connectivity index (χ2v) is 8.42. The molecule has 0 fully saturated rings. The zero-order valence-electron chi connectivity index (χ0n) is 19.6. The Morgan fingerprint density at radius 3 is 2.34 bits per heavy atom. The molecule has 2 amide bonds. The van der Waals surface area contributed by atoms with Gasteiger partial charge < -0.3 is 14.2 Å². The number of aryl methyl sites for hydroxylation is 1. The van der Waals surface area contributed by atoms with Crippen LogP contribution in [0.4, 0.5) is 4.39 Å². The Morgan fingerprint density at radius 1 is 0.914 bits per heavy atom. The highest BCUT2D eigenvalue weighted by Gasteiger charge is 2.23. The van der Waals surface area contributed by atoms with Crippen molar-refractivity contribution in [3.8, 4) is 0 Å². The summed E-state index contributed by atoms with van der Waals surface area (Å²) in [5.74, 6) is 0.536. The van der Waals surface area contributed by atoms with Crippen LogP contribution in [-0.4, -0.2) is 34.7 Å². The zero-order valence-corrected chi connectivity index (χ0v) is 19.6. The topological polar surface area (TPSA) is 53.8 Å². The summed E-state index contributed by atoms with van der Waals surface area (Å²) in [5, 5.41) is 1.99. The van der Waals surface area contributed by atoms with E-state index in [0.717, 1.165) is 22.1 Å². The minimum absolute atomic E-state index is 0.126. The van der Waals surface area contributed by atoms with Crippen LogP contribution < -0.4 is 0 Å². The van der Waals surface area contributed by atoms with E-state index in [4.69, 9.17) is 4.42 Å². The molecule has 4 rings (SSSR count). The summed E-state index contributed by atoms with van der Waals surface area (Å²) in [6, 6.07) is 23.0. The number of benzene rings is 3. The van der Waals surface area contributed by atoms with Gasteiger partial charge in [0.1, 0.15) is 23.9 Å². The highest BCUT2D eigenvalue weighted by atomic mass is 19.1. The molecule has 0 aliphatic heterocycles. The maximum absolute atomic E-state index is 13.4. The van der Waals surface area contributed by atoms with Crippen LogP contribution in [0, 0.1) is 12.7 Å². The van der Waals surface area contributed by atoms with Crippen molar-refractivity contribution in [2.24, 2.45) is 0 Å². The van der Waals surface area contributed by atoms with Gasteiger partial charge in [0.15, 0.2) is 0 Å². The van der Waals surface area contributed by atoms with Gasteiger partial charge in [-0.1, -0.05) is 48.5 Å². The summed E-state index contributed by atoms with van der Waals surface area (Å²) in [7, 11) is 0. The van der Waals surface area contributed by atoms with Crippen molar-refractivity contribution in [3.63, 3.8) is 0 Å². The van der Waals surface area contributed by atoms with Crippen LogP contribution >= 0.6 is 0 Å². The number of halogens is 1. The molecule has 0 saturated carbocycles. The van der Waals surface area contributed by atoms with Gasteiger partial charge in [-0.15, -0.1) is 6.58 Å². The number of rotatable bonds is 9. The average Bonchev–Trinajstić information content (AvgIpc) is 3.28. The van der Waals surface area contributed by atoms with Crippen molar-refractivity contribution in [1.29, 1.82) is 0 Å². The number of amides is 2. The smallest absolute Gasteiger partial charge is 0.254 e. The largest absolute Gasteiger partial charge is 0.464 e. The van der Waals surface area contributed by atoms with E-state index in [0.29, 0.717) is 11.3 Å². The van der Waals surface area contributed by atoms with Crippen LogP contribution in [0.25, 0.3) is 10.8 Å². The van der Waals surface area contributed by atoms with E-state index < -0.39 is 0 Å². The van der Waals surface area contributed by atoms with Gasteiger partial charge in [0.2, 0.25) is 5.91 Å². The Bertz CT molecular complexity index is 1340. The Labute approximate surface area is 204 Å². The molecule has 0 aliphatic carbocycles. The number of hydrogen-bond acceptors (Lipinski definition) is 3. The number of fused-ring (bicyclic) bond motifs is 1. The predicted octanol–water partition coefficient (Wildman–Crippen LogP) is 5.74. The fourth-order valence-corrected chi connectivity index (χ4v) is 3.94. The second-order valence-electron chi connectivity index (χ2n) is 8.42. The van der Waals surface area contributed by atoms with Crippen molar-refractivity contribution in [3.05, 3.63) is 120 Å². The summed E-state index contributed by atoms with van der Waals surface area (Å²) in [4.78, 5) is 29.9. The van der Waals surface area contributed by atoms with E-state index in [2.05, 4.69) is 6.58 Å². The third kappa shape index (κ3) is 6.03. The number of carbonyl (C=O) groups excluding carboxylic acids is 2. The number of carbonyl (C=O) groups is 2. The van der Waals surface area contributed by atoms with E-state index in [1.54, 1.807) is 29.2 Å². The van der Waals surface area contributed by atoms with Gasteiger partial charge in [0.25, 0.3) is 5.91 Å². The fraction of sp³-hybridized carbons (Fsp3) is 0.172. The summed E-state index contributed by atoms with van der Waals surface area (Å²) in [6.45, 7) is 6.18. The molecular formula is C29H27FN2O3. The monoisotopic (exact) mass is 470 g/mol. The fourth-order valence-electron chi connectivity index (χ4n) is 3.94. The maximum Gasteiger partial charge on any atom is 0.254 e. The first-order valence-electron chi connectivity index (χ1n) is 11.4. The molecular weight excluding hydrogens is 443 g/mol. The molecule has 35 heavy (non-hydrogen) atoms. The van der Waals surface area contributed by atoms with E-state index in [1.165, 1.54) is 17.0 Å². The standard InChI is InChI=1S/C29H27FN2O3/c1-3-16-31(29(34)25-12-11-23-6-4-5-7-24(23)17-25)20-28(33)32(19-27-15-8-21(2)35-27)18-22-9-13-26(30)14-10-22/h3-15,17H,1,16,18-20H2,2H3. The van der Waals surface area contributed by atoms with E-state index in [-0.39, 0.29) is 43.8 Å². The molecule has 0 aliphatic rings. The third-order valence-corrected chi connectivity index (χ3v) is 5.74. The SMILES string of the molecule is C=CCN(CC(=O)N(Cc1ccc(F)cc1)Cc1ccc(C)o1)C(=O)c1ccc2ccccc2c1. The van der Waals surface area contributed by atoms with Gasteiger partial charge in [0.05, 0.1) is 6.54 Å². The van der Waals surface area contributed by atoms with Gasteiger partial charge in [-0.05, 0) is 59.7 Å². The molecule has 6 heteroatoms. The lowest BCUT2D eigenvalue weighted by Gasteiger charge is -2.27. The molecule has 5 nitrogen and oxygen atoms in total. The molecule has 0 saturated heterocycles. The Balaban J connectivity index is 1.56. The number of hydrogen-bond donors (Lipinski definition) is 0. The van der Waals surface area contributed by atoms with Crippen molar-refractivity contribution < 1.29 is 18.4 Å². The van der Waals surface area contributed by atoms with Crippen molar-refractivity contribution >= 4 is 22.6 Å². The number of furan rings is 1. The molecule has 3 aromatic carbocycles. The van der Waals surface area contributed by atoms with Crippen LogP contribution in [-0.2, 0) is 17.9 Å². The Hall–Kier alpha value is -4.19. The van der Waals surface area contributed by atoms with E-state index in [1.807, 2.05) is 55.5 Å². The van der Waals surface area contributed by atoms with Crippen molar-refractivity contribution in [2.45, 2.75) is 20.0 Å². The molecule has 0 radical (unpaired) electrons. The van der Waals surface area contributed by atoms with Crippen LogP contribution in [0.1, 0.15) is 27.4 Å². The van der Waals surface area contributed by atoms with E-state index >= 15 is 0 Å². The second kappa shape index (κ2) is 10.8. The lowest BCUT2D eigenvalue weighted by molar-refractivity contribution is -0.133. The predicted molar refractivity (Wildman–Crippen MR) is 134 cm³/mol. The summed E-state index contributed by atoms with van der Waals surface area (Å²) < 4.78 is 19.1. The Kier molecular flexibility index (Phi) is 7.41. The number of nitrogens with zero attached hydrogens (tertiary/aromatic N) is 2. The first-order chi connectivity index (χ1) is 16.9. The maximum atomic E-state index is 13.4. The molecule has 0 bridgehead atoms. The Morgan fingerprint density at radius 2 is 1.66 bits per heavy atom. The minimum atomic E-state index is -0.341. The quantitative estimate of drug-likeness (QED) is 0.293. The van der Waals surface area contributed by atoms with Gasteiger partial charge in [-0.25, -0.2) is 4.39 Å². The summed E-state index contributed by atoms with van der Waals surface area (Å²) in [5.41, 5.74) is 1.28. The molecule has 178 valence electrons. The first kappa shape index (κ1) is 24.0. The molecule has 0 atom stereocenters. The average molecular weight is 471 g/mol. The molecule has 1 aromatic heterocycles. The van der Waals surface area contributed by atoms with Crippen LogP contribution in [0.5, 0.6) is 0 Å². The van der Waals surface area contributed by atoms with Crippen LogP contribution in [0.3, 0.4) is 0 Å². The molecule has 0 unspecified atom stereocenters.